The summed E-state index contributed by atoms with van der Waals surface area (Å²) in [5.41, 5.74) is 1.05. The number of nitrogens with zero attached hydrogens (tertiary/aromatic N) is 3. The normalized spacial score (nSPS) is 21.7. The van der Waals surface area contributed by atoms with Gasteiger partial charge < -0.3 is 0 Å². The van der Waals surface area contributed by atoms with Gasteiger partial charge in [0.25, 0.3) is 0 Å². The number of thioether (sulfide) groups is 1. The summed E-state index contributed by atoms with van der Waals surface area (Å²) < 4.78 is 0.601. The molecule has 0 aromatic carbocycles. The quantitative estimate of drug-likeness (QED) is 0.646. The molecule has 60 valence electrons. The van der Waals surface area contributed by atoms with Crippen LogP contribution in [-0.4, -0.2) is 9.30 Å². The van der Waals surface area contributed by atoms with Crippen molar-refractivity contribution >= 4 is 28.3 Å². The zero-order chi connectivity index (χ0) is 8.39. The lowest BCUT2D eigenvalue weighted by molar-refractivity contribution is 0.960. The number of hydrogen-bond acceptors (Lipinski definition) is 4. The molecule has 1 aliphatic rings. The second-order valence-electron chi connectivity index (χ2n) is 2.24. The summed E-state index contributed by atoms with van der Waals surface area (Å²) in [5.74, 6) is 0. The van der Waals surface area contributed by atoms with Crippen LogP contribution in [0.3, 0.4) is 0 Å². The average molecular weight is 195 g/mol. The third-order valence-electron chi connectivity index (χ3n) is 1.43. The summed E-state index contributed by atoms with van der Waals surface area (Å²) in [6, 6.07) is 3.85. The zero-order valence-corrected chi connectivity index (χ0v) is 7.68. The van der Waals surface area contributed by atoms with Crippen LogP contribution in [0.5, 0.6) is 0 Å². The highest BCUT2D eigenvalue weighted by Crippen LogP contribution is 2.36. The van der Waals surface area contributed by atoms with Crippen molar-refractivity contribution in [2.24, 2.45) is 10.2 Å². The van der Waals surface area contributed by atoms with E-state index in [-0.39, 0.29) is 5.37 Å². The smallest absolute Gasteiger partial charge is 0.184 e. The van der Waals surface area contributed by atoms with Gasteiger partial charge in [0, 0.05) is 18.0 Å². The van der Waals surface area contributed by atoms with Crippen LogP contribution in [0.25, 0.3) is 0 Å². The number of pyridine rings is 1. The molecule has 0 aliphatic carbocycles. The van der Waals surface area contributed by atoms with Gasteiger partial charge in [-0.05, 0) is 18.3 Å². The number of hydrogen-bond donors (Lipinski definition) is 0. The molecule has 2 heterocycles. The van der Waals surface area contributed by atoms with Crippen LogP contribution in [0.1, 0.15) is 10.9 Å². The molecule has 2 rings (SSSR count). The SMILES string of the molecule is S=C1N=NC(c2cccnc2)S1. The van der Waals surface area contributed by atoms with Crippen LogP contribution in [0.2, 0.25) is 0 Å². The minimum atomic E-state index is 0.0196. The minimum absolute atomic E-state index is 0.0196. The Balaban J connectivity index is 2.23. The maximum absolute atomic E-state index is 4.88. The molecule has 1 atom stereocenters. The Morgan fingerprint density at radius 2 is 2.42 bits per heavy atom. The molecule has 0 radical (unpaired) electrons. The van der Waals surface area contributed by atoms with E-state index in [0.29, 0.717) is 4.32 Å². The number of rotatable bonds is 1. The highest BCUT2D eigenvalue weighted by Gasteiger charge is 2.18. The van der Waals surface area contributed by atoms with Gasteiger partial charge in [-0.2, -0.15) is 5.11 Å². The molecule has 1 aliphatic heterocycles. The van der Waals surface area contributed by atoms with Crippen LogP contribution in [0.4, 0.5) is 0 Å². The molecule has 12 heavy (non-hydrogen) atoms. The van der Waals surface area contributed by atoms with Gasteiger partial charge in [-0.3, -0.25) is 4.98 Å². The Labute approximate surface area is 79.3 Å². The summed E-state index contributed by atoms with van der Waals surface area (Å²) in [5, 5.41) is 7.80. The molecule has 0 bridgehead atoms. The van der Waals surface area contributed by atoms with Gasteiger partial charge in [-0.1, -0.05) is 17.8 Å². The van der Waals surface area contributed by atoms with E-state index >= 15 is 0 Å². The maximum atomic E-state index is 4.88. The Kier molecular flexibility index (Phi) is 2.14. The van der Waals surface area contributed by atoms with Gasteiger partial charge in [0.1, 0.15) is 5.37 Å². The number of azo groups is 1. The second-order valence-corrected chi connectivity index (χ2v) is 3.95. The molecular formula is C7H5N3S2. The molecule has 1 unspecified atom stereocenters. The van der Waals surface area contributed by atoms with Gasteiger partial charge in [0.05, 0.1) is 0 Å². The molecule has 0 N–H and O–H groups in total. The van der Waals surface area contributed by atoms with Crippen molar-refractivity contribution in [2.45, 2.75) is 5.37 Å². The number of aromatic nitrogens is 1. The van der Waals surface area contributed by atoms with E-state index in [1.165, 1.54) is 11.8 Å². The van der Waals surface area contributed by atoms with E-state index in [0.717, 1.165) is 5.56 Å². The summed E-state index contributed by atoms with van der Waals surface area (Å²) in [7, 11) is 0. The van der Waals surface area contributed by atoms with Crippen molar-refractivity contribution in [1.82, 2.24) is 4.98 Å². The maximum Gasteiger partial charge on any atom is 0.184 e. The van der Waals surface area contributed by atoms with Crippen molar-refractivity contribution in [3.8, 4) is 0 Å². The molecule has 1 aromatic heterocycles. The van der Waals surface area contributed by atoms with Crippen molar-refractivity contribution < 1.29 is 0 Å². The van der Waals surface area contributed by atoms with Gasteiger partial charge in [0.15, 0.2) is 4.32 Å². The predicted molar refractivity (Wildman–Crippen MR) is 52.0 cm³/mol. The zero-order valence-electron chi connectivity index (χ0n) is 6.04. The summed E-state index contributed by atoms with van der Waals surface area (Å²) in [4.78, 5) is 4.00. The van der Waals surface area contributed by atoms with E-state index < -0.39 is 0 Å². The summed E-state index contributed by atoms with van der Waals surface area (Å²) in [6.45, 7) is 0. The monoisotopic (exact) mass is 195 g/mol. The van der Waals surface area contributed by atoms with E-state index in [2.05, 4.69) is 15.2 Å². The van der Waals surface area contributed by atoms with Crippen molar-refractivity contribution in [1.29, 1.82) is 0 Å². The fraction of sp³-hybridized carbons (Fsp3) is 0.143. The van der Waals surface area contributed by atoms with Gasteiger partial charge in [0.2, 0.25) is 0 Å². The standard InChI is InChI=1S/C7H5N3S2/c11-7-10-9-6(12-7)5-2-1-3-8-4-5/h1-4,6H. The van der Waals surface area contributed by atoms with Crippen molar-refractivity contribution in [3.63, 3.8) is 0 Å². The molecule has 5 heteroatoms. The molecular weight excluding hydrogens is 190 g/mol. The first-order valence-electron chi connectivity index (χ1n) is 3.37. The molecule has 1 aromatic rings. The lowest BCUT2D eigenvalue weighted by Gasteiger charge is -2.01. The fourth-order valence-corrected chi connectivity index (χ4v) is 1.87. The fourth-order valence-electron chi connectivity index (χ4n) is 0.899. The summed E-state index contributed by atoms with van der Waals surface area (Å²) in [6.07, 6.45) is 3.52. The molecule has 0 saturated carbocycles. The predicted octanol–water partition coefficient (Wildman–Crippen LogP) is 2.56. The topological polar surface area (TPSA) is 37.6 Å². The molecule has 0 saturated heterocycles. The van der Waals surface area contributed by atoms with Crippen molar-refractivity contribution in [3.05, 3.63) is 30.1 Å². The Hall–Kier alpha value is -0.810. The van der Waals surface area contributed by atoms with Gasteiger partial charge in [-0.15, -0.1) is 5.11 Å². The van der Waals surface area contributed by atoms with Crippen LogP contribution in [-0.2, 0) is 0 Å². The Morgan fingerprint density at radius 3 is 3.00 bits per heavy atom. The van der Waals surface area contributed by atoms with E-state index in [4.69, 9.17) is 12.2 Å². The molecule has 0 spiro atoms. The van der Waals surface area contributed by atoms with Gasteiger partial charge in [-0.25, -0.2) is 0 Å². The van der Waals surface area contributed by atoms with Gasteiger partial charge >= 0.3 is 0 Å². The Morgan fingerprint density at radius 1 is 1.50 bits per heavy atom. The molecule has 0 fully saturated rings. The minimum Gasteiger partial charge on any atom is -0.264 e. The molecule has 3 nitrogen and oxygen atoms in total. The van der Waals surface area contributed by atoms with E-state index in [1.54, 1.807) is 12.4 Å². The highest BCUT2D eigenvalue weighted by atomic mass is 32.2. The first-order chi connectivity index (χ1) is 5.86. The van der Waals surface area contributed by atoms with E-state index in [1.807, 2.05) is 12.1 Å². The second kappa shape index (κ2) is 3.28. The van der Waals surface area contributed by atoms with Crippen LogP contribution < -0.4 is 0 Å². The van der Waals surface area contributed by atoms with Crippen LogP contribution >= 0.6 is 24.0 Å². The van der Waals surface area contributed by atoms with Crippen LogP contribution in [0, 0.1) is 0 Å². The third-order valence-corrected chi connectivity index (χ3v) is 2.67. The van der Waals surface area contributed by atoms with E-state index in [9.17, 15) is 0 Å². The average Bonchev–Trinajstić information content (AvgIpc) is 2.54. The Bertz CT molecular complexity index is 323. The summed E-state index contributed by atoms with van der Waals surface area (Å²) >= 11 is 6.35. The third kappa shape index (κ3) is 1.51. The van der Waals surface area contributed by atoms with Crippen LogP contribution in [0.15, 0.2) is 34.8 Å². The largest absolute Gasteiger partial charge is 0.264 e. The molecule has 0 amide bonds. The lowest BCUT2D eigenvalue weighted by Crippen LogP contribution is -1.87. The first kappa shape index (κ1) is 7.82. The number of thiocarbonyl (C=S) groups is 1. The van der Waals surface area contributed by atoms with Crippen molar-refractivity contribution in [2.75, 3.05) is 0 Å². The highest BCUT2D eigenvalue weighted by molar-refractivity contribution is 8.23. The lowest BCUT2D eigenvalue weighted by atomic mass is 10.3. The first-order valence-corrected chi connectivity index (χ1v) is 4.66.